The van der Waals surface area contributed by atoms with Crippen LogP contribution in [0.2, 0.25) is 10.0 Å². The first-order chi connectivity index (χ1) is 13.2. The van der Waals surface area contributed by atoms with Crippen LogP contribution in [-0.4, -0.2) is 15.8 Å². The normalized spacial score (nSPS) is 11.3. The monoisotopic (exact) mass is 428 g/mol. The Morgan fingerprint density at radius 2 is 1.79 bits per heavy atom. The molecule has 0 saturated heterocycles. The van der Waals surface area contributed by atoms with Crippen molar-refractivity contribution in [1.82, 2.24) is 9.78 Å². The summed E-state index contributed by atoms with van der Waals surface area (Å²) in [5.74, 6) is 0.0678. The number of nitrogens with zero attached hydrogens (tertiary/aromatic N) is 2. The van der Waals surface area contributed by atoms with E-state index in [0.29, 0.717) is 11.6 Å². The molecule has 0 spiro atoms. The number of carbonyl (C=O) groups excluding carboxylic acids is 1. The van der Waals surface area contributed by atoms with Crippen molar-refractivity contribution in [2.45, 2.75) is 12.7 Å². The molecule has 1 aromatic heterocycles. The Labute approximate surface area is 168 Å². The summed E-state index contributed by atoms with van der Waals surface area (Å²) in [4.78, 5) is 12.1. The van der Waals surface area contributed by atoms with E-state index in [1.165, 1.54) is 23.0 Å². The van der Waals surface area contributed by atoms with Crippen LogP contribution in [0.3, 0.4) is 0 Å². The van der Waals surface area contributed by atoms with E-state index in [-0.39, 0.29) is 16.5 Å². The number of hydrogen-bond donors (Lipinski definition) is 2. The second-order valence-electron chi connectivity index (χ2n) is 5.77. The Morgan fingerprint density at radius 3 is 2.50 bits per heavy atom. The second-order valence-corrected chi connectivity index (χ2v) is 6.59. The molecule has 0 bridgehead atoms. The smallest absolute Gasteiger partial charge is 0.308 e. The van der Waals surface area contributed by atoms with Crippen molar-refractivity contribution in [1.29, 1.82) is 0 Å². The van der Waals surface area contributed by atoms with Crippen LogP contribution >= 0.6 is 23.2 Å². The standard InChI is InChI=1S/C18H13Cl2F3N4O/c19-14-7-2-1-4-11(14)9-27-10-15(20)16(26-27)25-17(28)24-13-6-3-5-12(8-13)18(21,22)23/h1-8,10H,9H2,(H2,24,25,26,28). The molecular weight excluding hydrogens is 416 g/mol. The number of anilines is 2. The van der Waals surface area contributed by atoms with Crippen molar-refractivity contribution in [2.24, 2.45) is 0 Å². The molecule has 3 rings (SSSR count). The van der Waals surface area contributed by atoms with Gasteiger partial charge in [0.2, 0.25) is 0 Å². The van der Waals surface area contributed by atoms with Crippen molar-refractivity contribution in [3.05, 3.63) is 75.9 Å². The molecule has 0 aliphatic carbocycles. The van der Waals surface area contributed by atoms with Crippen LogP contribution in [0.5, 0.6) is 0 Å². The third-order valence-corrected chi connectivity index (χ3v) is 4.33. The van der Waals surface area contributed by atoms with Gasteiger partial charge >= 0.3 is 12.2 Å². The van der Waals surface area contributed by atoms with Gasteiger partial charge in [-0.1, -0.05) is 47.5 Å². The Kier molecular flexibility index (Phi) is 5.81. The van der Waals surface area contributed by atoms with E-state index >= 15 is 0 Å². The van der Waals surface area contributed by atoms with E-state index in [0.717, 1.165) is 17.7 Å². The molecule has 0 unspecified atom stereocenters. The van der Waals surface area contributed by atoms with E-state index in [9.17, 15) is 18.0 Å². The van der Waals surface area contributed by atoms with Gasteiger partial charge in [-0.15, -0.1) is 0 Å². The van der Waals surface area contributed by atoms with Crippen molar-refractivity contribution >= 4 is 40.7 Å². The number of amides is 2. The maximum atomic E-state index is 12.7. The number of benzene rings is 2. The molecule has 146 valence electrons. The Bertz CT molecular complexity index is 1000. The summed E-state index contributed by atoms with van der Waals surface area (Å²) in [6.45, 7) is 0.330. The molecule has 0 radical (unpaired) electrons. The largest absolute Gasteiger partial charge is 0.416 e. The summed E-state index contributed by atoms with van der Waals surface area (Å²) in [7, 11) is 0. The van der Waals surface area contributed by atoms with Crippen molar-refractivity contribution < 1.29 is 18.0 Å². The van der Waals surface area contributed by atoms with Gasteiger partial charge in [-0.05, 0) is 29.8 Å². The minimum atomic E-state index is -4.50. The van der Waals surface area contributed by atoms with Gasteiger partial charge in [-0.3, -0.25) is 10.00 Å². The predicted octanol–water partition coefficient (Wildman–Crippen LogP) is 5.90. The molecule has 0 saturated carbocycles. The molecule has 0 aliphatic heterocycles. The Morgan fingerprint density at radius 1 is 1.04 bits per heavy atom. The van der Waals surface area contributed by atoms with Crippen LogP contribution in [0, 0.1) is 0 Å². The third kappa shape index (κ3) is 4.96. The topological polar surface area (TPSA) is 59.0 Å². The summed E-state index contributed by atoms with van der Waals surface area (Å²) >= 11 is 12.2. The average Bonchev–Trinajstić information content (AvgIpc) is 2.95. The van der Waals surface area contributed by atoms with Crippen LogP contribution in [0.4, 0.5) is 29.5 Å². The maximum Gasteiger partial charge on any atom is 0.416 e. The summed E-state index contributed by atoms with van der Waals surface area (Å²) in [5, 5.41) is 9.62. The number of urea groups is 1. The van der Waals surface area contributed by atoms with Crippen LogP contribution in [0.1, 0.15) is 11.1 Å². The quantitative estimate of drug-likeness (QED) is 0.543. The lowest BCUT2D eigenvalue weighted by atomic mass is 10.2. The number of hydrogen-bond acceptors (Lipinski definition) is 2. The van der Waals surface area contributed by atoms with E-state index < -0.39 is 17.8 Å². The van der Waals surface area contributed by atoms with Gasteiger partial charge in [0, 0.05) is 16.9 Å². The molecule has 10 heteroatoms. The first kappa shape index (κ1) is 20.0. The lowest BCUT2D eigenvalue weighted by Crippen LogP contribution is -2.20. The number of aromatic nitrogens is 2. The molecule has 2 amide bonds. The van der Waals surface area contributed by atoms with E-state index in [4.69, 9.17) is 23.2 Å². The molecule has 0 fully saturated rings. The molecule has 2 N–H and O–H groups in total. The lowest BCUT2D eigenvalue weighted by molar-refractivity contribution is -0.137. The zero-order valence-electron chi connectivity index (χ0n) is 14.1. The van der Waals surface area contributed by atoms with Crippen LogP contribution < -0.4 is 10.6 Å². The lowest BCUT2D eigenvalue weighted by Gasteiger charge is -2.10. The molecule has 1 heterocycles. The fourth-order valence-electron chi connectivity index (χ4n) is 2.41. The summed E-state index contributed by atoms with van der Waals surface area (Å²) in [5.41, 5.74) is -0.0744. The number of rotatable bonds is 4. The molecule has 28 heavy (non-hydrogen) atoms. The van der Waals surface area contributed by atoms with Crippen molar-refractivity contribution in [3.8, 4) is 0 Å². The third-order valence-electron chi connectivity index (χ3n) is 3.69. The zero-order valence-corrected chi connectivity index (χ0v) is 15.6. The SMILES string of the molecule is O=C(Nc1cccc(C(F)(F)F)c1)Nc1nn(Cc2ccccc2Cl)cc1Cl. The second kappa shape index (κ2) is 8.12. The van der Waals surface area contributed by atoms with Gasteiger partial charge in [-0.25, -0.2) is 4.79 Å². The number of halogens is 5. The average molecular weight is 429 g/mol. The minimum absolute atomic E-state index is 0.0149. The zero-order chi connectivity index (χ0) is 20.3. The minimum Gasteiger partial charge on any atom is -0.308 e. The molecule has 2 aromatic carbocycles. The van der Waals surface area contributed by atoms with Crippen molar-refractivity contribution in [2.75, 3.05) is 10.6 Å². The van der Waals surface area contributed by atoms with Gasteiger partial charge in [0.1, 0.15) is 5.02 Å². The summed E-state index contributed by atoms with van der Waals surface area (Å²) in [6, 6.07) is 10.7. The molecule has 0 aliphatic rings. The highest BCUT2D eigenvalue weighted by Crippen LogP contribution is 2.30. The summed E-state index contributed by atoms with van der Waals surface area (Å²) < 4.78 is 39.7. The van der Waals surface area contributed by atoms with Gasteiger partial charge in [0.15, 0.2) is 5.82 Å². The number of nitrogens with one attached hydrogen (secondary N) is 2. The fourth-order valence-corrected chi connectivity index (χ4v) is 2.80. The van der Waals surface area contributed by atoms with Gasteiger partial charge in [0.25, 0.3) is 0 Å². The van der Waals surface area contributed by atoms with Gasteiger partial charge in [-0.2, -0.15) is 18.3 Å². The van der Waals surface area contributed by atoms with Gasteiger partial charge < -0.3 is 5.32 Å². The van der Waals surface area contributed by atoms with Crippen molar-refractivity contribution in [3.63, 3.8) is 0 Å². The molecule has 3 aromatic rings. The van der Waals surface area contributed by atoms with E-state index in [1.54, 1.807) is 12.1 Å². The molecule has 0 atom stereocenters. The van der Waals surface area contributed by atoms with E-state index in [1.807, 2.05) is 12.1 Å². The molecular formula is C18H13Cl2F3N4O. The number of alkyl halides is 3. The molecule has 5 nitrogen and oxygen atoms in total. The Hall–Kier alpha value is -2.71. The highest BCUT2D eigenvalue weighted by Gasteiger charge is 2.30. The number of carbonyl (C=O) groups is 1. The van der Waals surface area contributed by atoms with Gasteiger partial charge in [0.05, 0.1) is 12.1 Å². The predicted molar refractivity (Wildman–Crippen MR) is 102 cm³/mol. The van der Waals surface area contributed by atoms with Crippen LogP contribution in [0.25, 0.3) is 0 Å². The Balaban J connectivity index is 1.68. The first-order valence-electron chi connectivity index (χ1n) is 7.94. The first-order valence-corrected chi connectivity index (χ1v) is 8.69. The van der Waals surface area contributed by atoms with Crippen LogP contribution in [0.15, 0.2) is 54.7 Å². The van der Waals surface area contributed by atoms with E-state index in [2.05, 4.69) is 15.7 Å². The summed E-state index contributed by atoms with van der Waals surface area (Å²) in [6.07, 6.45) is -3.00. The van der Waals surface area contributed by atoms with Crippen LogP contribution in [-0.2, 0) is 12.7 Å². The fraction of sp³-hybridized carbons (Fsp3) is 0.111. The maximum absolute atomic E-state index is 12.7. The highest BCUT2D eigenvalue weighted by atomic mass is 35.5. The highest BCUT2D eigenvalue weighted by molar-refractivity contribution is 6.33.